The van der Waals surface area contributed by atoms with Gasteiger partial charge in [0.15, 0.2) is 5.78 Å². The van der Waals surface area contributed by atoms with Crippen LogP contribution in [0.1, 0.15) is 16.7 Å². The third kappa shape index (κ3) is 5.83. The van der Waals surface area contributed by atoms with Crippen LogP contribution in [0, 0.1) is 0 Å². The van der Waals surface area contributed by atoms with E-state index in [9.17, 15) is 4.79 Å². The first-order valence-corrected chi connectivity index (χ1v) is 13.1. The van der Waals surface area contributed by atoms with Crippen LogP contribution in [0.2, 0.25) is 0 Å². The number of carbonyl (C=O) groups excluding carboxylic acids is 1. The van der Waals surface area contributed by atoms with Crippen molar-refractivity contribution in [2.75, 3.05) is 25.6 Å². The number of benzene rings is 3. The van der Waals surface area contributed by atoms with E-state index in [0.29, 0.717) is 13.1 Å². The minimum absolute atomic E-state index is 0.150. The lowest BCUT2D eigenvalue weighted by molar-refractivity contribution is -0.113. The average Bonchev–Trinajstić information content (AvgIpc) is 2.83. The minimum atomic E-state index is 0.150. The molecule has 0 unspecified atom stereocenters. The number of rotatable bonds is 6. The SMILES string of the molecule is CSc1ccc(/C=C2/CN(Cc3ccccc3)C/C(=C/c3ccc(SC)cc3)C2=O)cc1. The quantitative estimate of drug-likeness (QED) is 0.304. The Labute approximate surface area is 199 Å². The van der Waals surface area contributed by atoms with Crippen molar-refractivity contribution in [2.45, 2.75) is 16.3 Å². The normalized spacial score (nSPS) is 17.2. The van der Waals surface area contributed by atoms with Crippen LogP contribution in [0.3, 0.4) is 0 Å². The van der Waals surface area contributed by atoms with Crippen molar-refractivity contribution < 1.29 is 4.79 Å². The Morgan fingerprint density at radius 2 is 1.19 bits per heavy atom. The zero-order valence-corrected chi connectivity index (χ0v) is 20.1. The number of ketones is 1. The zero-order chi connectivity index (χ0) is 22.3. The number of piperidine rings is 1. The summed E-state index contributed by atoms with van der Waals surface area (Å²) >= 11 is 3.45. The van der Waals surface area contributed by atoms with Crippen LogP contribution in [0.4, 0.5) is 0 Å². The van der Waals surface area contributed by atoms with Crippen molar-refractivity contribution in [3.05, 3.63) is 107 Å². The lowest BCUT2D eigenvalue weighted by Gasteiger charge is -2.30. The molecule has 3 aromatic rings. The second-order valence-electron chi connectivity index (χ2n) is 7.85. The number of hydrogen-bond donors (Lipinski definition) is 0. The topological polar surface area (TPSA) is 20.3 Å². The third-order valence-corrected chi connectivity index (χ3v) is 7.02. The van der Waals surface area contributed by atoms with Gasteiger partial charge in [-0.2, -0.15) is 0 Å². The number of hydrogen-bond acceptors (Lipinski definition) is 4. The van der Waals surface area contributed by atoms with Crippen molar-refractivity contribution in [1.82, 2.24) is 4.90 Å². The van der Waals surface area contributed by atoms with E-state index in [1.165, 1.54) is 15.4 Å². The molecule has 0 bridgehead atoms. The summed E-state index contributed by atoms with van der Waals surface area (Å²) < 4.78 is 0. The smallest absolute Gasteiger partial charge is 0.187 e. The molecule has 0 radical (unpaired) electrons. The first kappa shape index (κ1) is 22.7. The van der Waals surface area contributed by atoms with Gasteiger partial charge < -0.3 is 0 Å². The van der Waals surface area contributed by atoms with Gasteiger partial charge in [0.1, 0.15) is 0 Å². The first-order valence-electron chi connectivity index (χ1n) is 10.6. The van der Waals surface area contributed by atoms with Gasteiger partial charge in [-0.05, 0) is 65.6 Å². The molecule has 0 N–H and O–H groups in total. The highest BCUT2D eigenvalue weighted by molar-refractivity contribution is 7.98. The molecule has 0 spiro atoms. The van der Waals surface area contributed by atoms with E-state index < -0.39 is 0 Å². The maximum Gasteiger partial charge on any atom is 0.187 e. The Balaban J connectivity index is 1.65. The molecule has 1 saturated heterocycles. The van der Waals surface area contributed by atoms with Gasteiger partial charge in [0.25, 0.3) is 0 Å². The molecular formula is C28H27NOS2. The molecular weight excluding hydrogens is 430 g/mol. The highest BCUT2D eigenvalue weighted by atomic mass is 32.2. The van der Waals surface area contributed by atoms with Crippen LogP contribution in [-0.4, -0.2) is 36.3 Å². The lowest BCUT2D eigenvalue weighted by Crippen LogP contribution is -2.37. The number of Topliss-reactive ketones (excluding diaryl/α,β-unsaturated/α-hetero) is 1. The summed E-state index contributed by atoms with van der Waals surface area (Å²) in [6.45, 7) is 2.13. The van der Waals surface area contributed by atoms with Gasteiger partial charge in [-0.25, -0.2) is 0 Å². The lowest BCUT2D eigenvalue weighted by atomic mass is 9.94. The fourth-order valence-corrected chi connectivity index (χ4v) is 4.68. The maximum atomic E-state index is 13.4. The van der Waals surface area contributed by atoms with Gasteiger partial charge in [0.05, 0.1) is 0 Å². The zero-order valence-electron chi connectivity index (χ0n) is 18.5. The van der Waals surface area contributed by atoms with Crippen LogP contribution in [-0.2, 0) is 11.3 Å². The number of thioether (sulfide) groups is 2. The predicted molar refractivity (Wildman–Crippen MR) is 139 cm³/mol. The third-order valence-electron chi connectivity index (χ3n) is 5.53. The van der Waals surface area contributed by atoms with Gasteiger partial charge in [-0.1, -0.05) is 54.6 Å². The standard InChI is InChI=1S/C28H27NOS2/c1-31-26-12-8-21(9-13-26)16-24-19-29(18-23-6-4-3-5-7-23)20-25(28(24)30)17-22-10-14-27(32-2)15-11-22/h3-17H,18-20H2,1-2H3/b24-16-,25-17-. The Hall–Kier alpha value is -2.53. The molecule has 4 rings (SSSR count). The summed E-state index contributed by atoms with van der Waals surface area (Å²) in [6.07, 6.45) is 8.24. The Morgan fingerprint density at radius 3 is 1.62 bits per heavy atom. The summed E-state index contributed by atoms with van der Waals surface area (Å²) in [5.74, 6) is 0.150. The van der Waals surface area contributed by atoms with E-state index in [2.05, 4.69) is 90.2 Å². The fourth-order valence-electron chi connectivity index (χ4n) is 3.87. The highest BCUT2D eigenvalue weighted by Crippen LogP contribution is 2.25. The summed E-state index contributed by atoms with van der Waals surface area (Å²) in [5.41, 5.74) is 5.08. The van der Waals surface area contributed by atoms with E-state index in [-0.39, 0.29) is 5.78 Å². The van der Waals surface area contributed by atoms with Crippen LogP contribution in [0.25, 0.3) is 12.2 Å². The predicted octanol–water partition coefficient (Wildman–Crippen LogP) is 6.68. The number of likely N-dealkylation sites (tertiary alicyclic amines) is 1. The monoisotopic (exact) mass is 457 g/mol. The van der Waals surface area contributed by atoms with Crippen molar-refractivity contribution >= 4 is 41.5 Å². The largest absolute Gasteiger partial charge is 0.290 e. The summed E-state index contributed by atoms with van der Waals surface area (Å²) in [5, 5.41) is 0. The molecule has 4 heteroatoms. The molecule has 3 aromatic carbocycles. The van der Waals surface area contributed by atoms with Crippen molar-refractivity contribution in [2.24, 2.45) is 0 Å². The molecule has 0 aromatic heterocycles. The van der Waals surface area contributed by atoms with E-state index in [4.69, 9.17) is 0 Å². The number of carbonyl (C=O) groups is 1. The number of nitrogens with zero attached hydrogens (tertiary/aromatic N) is 1. The fraction of sp³-hybridized carbons (Fsp3) is 0.179. The summed E-state index contributed by atoms with van der Waals surface area (Å²) in [6, 6.07) is 27.3. The molecule has 0 amide bonds. The molecule has 0 saturated carbocycles. The molecule has 32 heavy (non-hydrogen) atoms. The molecule has 1 fully saturated rings. The average molecular weight is 458 g/mol. The maximum absolute atomic E-state index is 13.4. The van der Waals surface area contributed by atoms with Crippen molar-refractivity contribution in [1.29, 1.82) is 0 Å². The molecule has 1 aliphatic rings. The second kappa shape index (κ2) is 10.9. The van der Waals surface area contributed by atoms with Gasteiger partial charge in [0, 0.05) is 40.6 Å². The Kier molecular flexibility index (Phi) is 7.69. The summed E-state index contributed by atoms with van der Waals surface area (Å²) in [4.78, 5) is 18.2. The van der Waals surface area contributed by atoms with Crippen LogP contribution < -0.4 is 0 Å². The van der Waals surface area contributed by atoms with Gasteiger partial charge in [-0.3, -0.25) is 9.69 Å². The first-order chi connectivity index (χ1) is 15.6. The highest BCUT2D eigenvalue weighted by Gasteiger charge is 2.26. The van der Waals surface area contributed by atoms with E-state index in [1.54, 1.807) is 23.5 Å². The molecule has 1 heterocycles. The molecule has 2 nitrogen and oxygen atoms in total. The van der Waals surface area contributed by atoms with Gasteiger partial charge in [0.2, 0.25) is 0 Å². The van der Waals surface area contributed by atoms with Gasteiger partial charge in [-0.15, -0.1) is 23.5 Å². The van der Waals surface area contributed by atoms with E-state index in [1.807, 2.05) is 18.2 Å². The van der Waals surface area contributed by atoms with Crippen LogP contribution in [0.5, 0.6) is 0 Å². The van der Waals surface area contributed by atoms with E-state index in [0.717, 1.165) is 28.8 Å². The second-order valence-corrected chi connectivity index (χ2v) is 9.60. The molecule has 0 atom stereocenters. The Morgan fingerprint density at radius 1 is 0.719 bits per heavy atom. The van der Waals surface area contributed by atoms with Crippen LogP contribution >= 0.6 is 23.5 Å². The van der Waals surface area contributed by atoms with Gasteiger partial charge >= 0.3 is 0 Å². The molecule has 162 valence electrons. The molecule has 0 aliphatic carbocycles. The minimum Gasteiger partial charge on any atom is -0.290 e. The van der Waals surface area contributed by atoms with Crippen molar-refractivity contribution in [3.63, 3.8) is 0 Å². The molecule has 1 aliphatic heterocycles. The van der Waals surface area contributed by atoms with Crippen molar-refractivity contribution in [3.8, 4) is 0 Å². The Bertz CT molecular complexity index is 1050. The summed E-state index contributed by atoms with van der Waals surface area (Å²) in [7, 11) is 0. The van der Waals surface area contributed by atoms with E-state index >= 15 is 0 Å². The van der Waals surface area contributed by atoms with Crippen LogP contribution in [0.15, 0.2) is 99.8 Å².